The fraction of sp³-hybridized carbons (Fsp3) is 0.614. The molecule has 3 fully saturated rings. The molecule has 3 saturated heterocycles. The topological polar surface area (TPSA) is 205 Å². The Kier molecular flexibility index (Phi) is 14.7. The normalized spacial score (nSPS) is 36.4. The highest BCUT2D eigenvalue weighted by molar-refractivity contribution is 6.08. The SMILES string of the molecule is CC[C@H]1OC(=O)[C@@](C)(F)C(=O)[C@H](C)[C@@H](O[C@@H]2O[C@H](C)C[C@H](N(C)C)[C@H]2O)[C@](C)(OC(=O)NC/C=C/c2ccc(-c3ccncn3)cc2)C[C@@H](C)C(=O)[C@H](C)[C@H]2NC(=O)O[C@@]21C. The molecule has 1 aromatic heterocycles. The van der Waals surface area contributed by atoms with Crippen LogP contribution in [0.2, 0.25) is 0 Å². The zero-order chi connectivity index (χ0) is 45.0. The van der Waals surface area contributed by atoms with Gasteiger partial charge in [0, 0.05) is 42.1 Å². The number of ether oxygens (including phenoxy) is 5. The smallest absolute Gasteiger partial charge is 0.408 e. The van der Waals surface area contributed by atoms with Crippen molar-refractivity contribution in [1.29, 1.82) is 0 Å². The van der Waals surface area contributed by atoms with Gasteiger partial charge in [0.2, 0.25) is 0 Å². The summed E-state index contributed by atoms with van der Waals surface area (Å²) in [6.45, 7) is 11.6. The number of aromatic nitrogens is 2. The molecule has 0 aliphatic carbocycles. The second kappa shape index (κ2) is 19.1. The molecule has 0 radical (unpaired) electrons. The summed E-state index contributed by atoms with van der Waals surface area (Å²) in [4.78, 5) is 79.1. The molecule has 2 aromatic rings. The van der Waals surface area contributed by atoms with Crippen LogP contribution in [0, 0.1) is 17.8 Å². The zero-order valence-corrected chi connectivity index (χ0v) is 36.5. The average Bonchev–Trinajstić information content (AvgIpc) is 3.54. The zero-order valence-electron chi connectivity index (χ0n) is 36.5. The monoisotopic (exact) mass is 853 g/mol. The second-order valence-corrected chi connectivity index (χ2v) is 17.3. The molecule has 61 heavy (non-hydrogen) atoms. The third kappa shape index (κ3) is 10.3. The summed E-state index contributed by atoms with van der Waals surface area (Å²) in [6, 6.07) is 7.86. The Labute approximate surface area is 356 Å². The number of halogens is 1. The van der Waals surface area contributed by atoms with Crippen LogP contribution in [0.1, 0.15) is 80.2 Å². The van der Waals surface area contributed by atoms with Crippen molar-refractivity contribution in [3.8, 4) is 11.3 Å². The predicted octanol–water partition coefficient (Wildman–Crippen LogP) is 4.82. The number of aliphatic hydroxyl groups excluding tert-OH is 1. The molecule has 4 heterocycles. The van der Waals surface area contributed by atoms with Gasteiger partial charge in [0.05, 0.1) is 17.8 Å². The number of hydrogen-bond acceptors (Lipinski definition) is 14. The lowest BCUT2D eigenvalue weighted by Gasteiger charge is -2.47. The van der Waals surface area contributed by atoms with Crippen molar-refractivity contribution < 1.29 is 57.2 Å². The van der Waals surface area contributed by atoms with Crippen LogP contribution in [0.25, 0.3) is 17.3 Å². The van der Waals surface area contributed by atoms with Crippen molar-refractivity contribution in [2.75, 3.05) is 20.6 Å². The van der Waals surface area contributed by atoms with E-state index in [2.05, 4.69) is 20.6 Å². The van der Waals surface area contributed by atoms with E-state index in [0.29, 0.717) is 6.42 Å². The minimum atomic E-state index is -3.29. The highest BCUT2D eigenvalue weighted by Gasteiger charge is 2.60. The van der Waals surface area contributed by atoms with Crippen LogP contribution in [0.3, 0.4) is 0 Å². The van der Waals surface area contributed by atoms with E-state index in [1.807, 2.05) is 24.3 Å². The van der Waals surface area contributed by atoms with Crippen LogP contribution in [-0.2, 0) is 38.1 Å². The first-order valence-corrected chi connectivity index (χ1v) is 20.8. The number of Topliss-reactive ketones (excluding diaryl/α,β-unsaturated/α-hetero) is 2. The Morgan fingerprint density at radius 1 is 1.07 bits per heavy atom. The maximum absolute atomic E-state index is 16.9. The number of carbonyl (C=O) groups is 5. The second-order valence-electron chi connectivity index (χ2n) is 17.3. The van der Waals surface area contributed by atoms with E-state index in [-0.39, 0.29) is 25.2 Å². The highest BCUT2D eigenvalue weighted by Crippen LogP contribution is 2.41. The van der Waals surface area contributed by atoms with E-state index < -0.39 is 101 Å². The fourth-order valence-corrected chi connectivity index (χ4v) is 8.90. The first kappa shape index (κ1) is 47.2. The highest BCUT2D eigenvalue weighted by atomic mass is 19.1. The summed E-state index contributed by atoms with van der Waals surface area (Å²) < 4.78 is 46.9. The number of rotatable bonds is 9. The Balaban J connectivity index is 1.50. The lowest BCUT2D eigenvalue weighted by molar-refractivity contribution is -0.292. The number of nitrogens with zero attached hydrogens (tertiary/aromatic N) is 3. The van der Waals surface area contributed by atoms with Crippen molar-refractivity contribution in [2.24, 2.45) is 17.8 Å². The molecule has 3 aliphatic heterocycles. The molecular weight excluding hydrogens is 794 g/mol. The number of fused-ring (bicyclic) bond motifs is 1. The van der Waals surface area contributed by atoms with Crippen molar-refractivity contribution in [3.63, 3.8) is 0 Å². The lowest BCUT2D eigenvalue weighted by Crippen LogP contribution is -2.62. The summed E-state index contributed by atoms with van der Waals surface area (Å²) in [6.07, 6.45) is -1.03. The van der Waals surface area contributed by atoms with E-state index in [4.69, 9.17) is 23.7 Å². The van der Waals surface area contributed by atoms with E-state index in [9.17, 15) is 29.1 Å². The van der Waals surface area contributed by atoms with Gasteiger partial charge in [0.1, 0.15) is 36.0 Å². The quantitative estimate of drug-likeness (QED) is 0.176. The largest absolute Gasteiger partial charge is 0.455 e. The number of likely N-dealkylation sites (N-methyl/N-ethyl adjacent to an activating group) is 1. The fourth-order valence-electron chi connectivity index (χ4n) is 8.90. The third-order valence-electron chi connectivity index (χ3n) is 12.3. The molecular formula is C44H60FN5O11. The minimum Gasteiger partial charge on any atom is -0.455 e. The van der Waals surface area contributed by atoms with Crippen LogP contribution in [-0.4, -0.2) is 130 Å². The van der Waals surface area contributed by atoms with Gasteiger partial charge in [-0.3, -0.25) is 9.59 Å². The summed E-state index contributed by atoms with van der Waals surface area (Å²) in [5, 5.41) is 16.9. The molecule has 0 spiro atoms. The Morgan fingerprint density at radius 2 is 1.75 bits per heavy atom. The molecule has 17 heteroatoms. The molecule has 3 aliphatic rings. The first-order valence-electron chi connectivity index (χ1n) is 20.8. The number of alkyl carbamates (subject to hydrolysis) is 2. The molecule has 3 N–H and O–H groups in total. The van der Waals surface area contributed by atoms with E-state index in [1.165, 1.54) is 27.1 Å². The molecule has 16 nitrogen and oxygen atoms in total. The van der Waals surface area contributed by atoms with Gasteiger partial charge in [-0.1, -0.05) is 64.1 Å². The van der Waals surface area contributed by atoms with Crippen molar-refractivity contribution >= 4 is 35.8 Å². The van der Waals surface area contributed by atoms with Gasteiger partial charge in [-0.15, -0.1) is 0 Å². The molecule has 2 amide bonds. The molecule has 334 valence electrons. The summed E-state index contributed by atoms with van der Waals surface area (Å²) in [5.41, 5.74) is -4.35. The molecule has 13 atom stereocenters. The minimum absolute atomic E-state index is 0.00642. The number of nitrogens with one attached hydrogen (secondary N) is 2. The maximum Gasteiger partial charge on any atom is 0.408 e. The van der Waals surface area contributed by atoms with Crippen LogP contribution < -0.4 is 10.6 Å². The standard InChI is InChI=1S/C44H60FN5O11/c1-11-32-44(8)35(49-41(56)61-44)26(4)33(51)24(2)22-42(6,60-40(55)47-19-12-13-28-14-16-29(17-15-28)30-18-20-46-23-48-30)37(27(5)36(53)43(7,45)39(54)58-32)59-38-34(52)31(50(9)10)21-25(3)57-38/h12-18,20,23-27,31-32,34-35,37-38,52H,11,19,21-22H2,1-10H3,(H,47,55)(H,49,56)/b13-12+/t24-,25-,26+,27+,31+,32-,34-,35-,37-,38+,42-,43+,44-/m1/s1. The Hall–Kier alpha value is -4.84. The van der Waals surface area contributed by atoms with Crippen LogP contribution >= 0.6 is 0 Å². The lowest BCUT2D eigenvalue weighted by atomic mass is 9.73. The molecule has 0 bridgehead atoms. The Morgan fingerprint density at radius 3 is 2.38 bits per heavy atom. The number of hydrogen-bond donors (Lipinski definition) is 3. The van der Waals surface area contributed by atoms with Gasteiger partial charge >= 0.3 is 18.2 Å². The number of amides is 2. The van der Waals surface area contributed by atoms with Gasteiger partial charge in [0.25, 0.3) is 5.67 Å². The van der Waals surface area contributed by atoms with Crippen molar-refractivity contribution in [1.82, 2.24) is 25.5 Å². The molecule has 0 saturated carbocycles. The first-order chi connectivity index (χ1) is 28.6. The number of carbonyl (C=O) groups excluding carboxylic acids is 5. The van der Waals surface area contributed by atoms with Gasteiger partial charge in [0.15, 0.2) is 17.7 Å². The summed E-state index contributed by atoms with van der Waals surface area (Å²) >= 11 is 0. The van der Waals surface area contributed by atoms with Gasteiger partial charge in [-0.2, -0.15) is 0 Å². The molecule has 0 unspecified atom stereocenters. The molecule has 1 aromatic carbocycles. The maximum atomic E-state index is 16.9. The summed E-state index contributed by atoms with van der Waals surface area (Å²) in [7, 11) is 3.55. The predicted molar refractivity (Wildman–Crippen MR) is 220 cm³/mol. The number of benzene rings is 1. The summed E-state index contributed by atoms with van der Waals surface area (Å²) in [5.74, 6) is -6.69. The number of esters is 1. The van der Waals surface area contributed by atoms with Gasteiger partial charge < -0.3 is 44.3 Å². The van der Waals surface area contributed by atoms with Gasteiger partial charge in [-0.05, 0) is 72.7 Å². The van der Waals surface area contributed by atoms with Crippen molar-refractivity contribution in [2.45, 2.75) is 134 Å². The van der Waals surface area contributed by atoms with Crippen LogP contribution in [0.4, 0.5) is 14.0 Å². The molecule has 5 rings (SSSR count). The van der Waals surface area contributed by atoms with E-state index in [0.717, 1.165) is 23.7 Å². The van der Waals surface area contributed by atoms with E-state index >= 15 is 4.39 Å². The van der Waals surface area contributed by atoms with E-state index in [1.54, 1.807) is 71.1 Å². The number of aliphatic hydroxyl groups is 1. The third-order valence-corrected chi connectivity index (χ3v) is 12.3. The Bertz CT molecular complexity index is 1930. The van der Waals surface area contributed by atoms with Crippen LogP contribution in [0.5, 0.6) is 0 Å². The number of cyclic esters (lactones) is 1. The van der Waals surface area contributed by atoms with Crippen molar-refractivity contribution in [3.05, 3.63) is 54.5 Å². The van der Waals surface area contributed by atoms with Crippen LogP contribution in [0.15, 0.2) is 48.9 Å². The average molecular weight is 854 g/mol. The number of ketones is 2. The number of alkyl halides is 1. The van der Waals surface area contributed by atoms with Gasteiger partial charge in [-0.25, -0.2) is 28.7 Å².